The lowest BCUT2D eigenvalue weighted by Crippen LogP contribution is -2.25. The molecule has 0 saturated carbocycles. The Hall–Kier alpha value is -3.14. The monoisotopic (exact) mass is 516 g/mol. The zero-order chi connectivity index (χ0) is 26.2. The highest BCUT2D eigenvalue weighted by molar-refractivity contribution is 5.65. The minimum atomic E-state index is -4.74. The molecule has 3 aromatic carbocycles. The van der Waals surface area contributed by atoms with Gasteiger partial charge in [0.2, 0.25) is 0 Å². The minimum Gasteiger partial charge on any atom is -0.429 e. The Labute approximate surface area is 201 Å². The first-order chi connectivity index (χ1) is 17.0. The van der Waals surface area contributed by atoms with Crippen molar-refractivity contribution < 1.29 is 44.6 Å². The lowest BCUT2D eigenvalue weighted by Gasteiger charge is -2.28. The van der Waals surface area contributed by atoms with E-state index in [0.717, 1.165) is 12.8 Å². The van der Waals surface area contributed by atoms with Crippen LogP contribution < -0.4 is 4.74 Å². The van der Waals surface area contributed by atoms with Crippen LogP contribution in [0, 0.1) is 40.8 Å². The fourth-order valence-corrected chi connectivity index (χ4v) is 4.15. The van der Waals surface area contributed by atoms with Gasteiger partial charge in [0.25, 0.3) is 0 Å². The molecule has 36 heavy (non-hydrogen) atoms. The van der Waals surface area contributed by atoms with Gasteiger partial charge in [-0.25, -0.2) is 26.3 Å². The first-order valence-corrected chi connectivity index (χ1v) is 11.1. The van der Waals surface area contributed by atoms with Gasteiger partial charge in [-0.05, 0) is 48.1 Å². The summed E-state index contributed by atoms with van der Waals surface area (Å²) in [5, 5.41) is 0. The van der Waals surface area contributed by atoms with Crippen molar-refractivity contribution in [1.82, 2.24) is 0 Å². The Balaban J connectivity index is 1.60. The van der Waals surface area contributed by atoms with Crippen molar-refractivity contribution >= 4 is 0 Å². The molecule has 0 spiro atoms. The number of hydrogen-bond donors (Lipinski definition) is 0. The third kappa shape index (κ3) is 5.18. The molecule has 192 valence electrons. The van der Waals surface area contributed by atoms with Crippen LogP contribution in [0.1, 0.15) is 43.4 Å². The van der Waals surface area contributed by atoms with E-state index in [-0.39, 0.29) is 29.4 Å². The van der Waals surface area contributed by atoms with Crippen LogP contribution >= 0.6 is 0 Å². The van der Waals surface area contributed by atoms with Crippen LogP contribution in [0.2, 0.25) is 0 Å². The summed E-state index contributed by atoms with van der Waals surface area (Å²) in [7, 11) is 0. The SMILES string of the molecule is CCC1CCC(c2ccc(-c3cc(F)c(C(F)(F)Oc4cc(F)c(F)c(F)c4)c(F)c3)c(F)c2)OC1. The quantitative estimate of drug-likeness (QED) is 0.243. The van der Waals surface area contributed by atoms with Gasteiger partial charge >= 0.3 is 6.11 Å². The van der Waals surface area contributed by atoms with E-state index >= 15 is 0 Å². The summed E-state index contributed by atoms with van der Waals surface area (Å²) in [4.78, 5) is 0. The summed E-state index contributed by atoms with van der Waals surface area (Å²) >= 11 is 0. The summed E-state index contributed by atoms with van der Waals surface area (Å²) in [6.07, 6.45) is -2.50. The molecule has 2 unspecified atom stereocenters. The largest absolute Gasteiger partial charge is 0.432 e. The number of ether oxygens (including phenoxy) is 2. The lowest BCUT2D eigenvalue weighted by atomic mass is 9.92. The summed E-state index contributed by atoms with van der Waals surface area (Å²) in [6, 6.07) is 5.16. The Bertz CT molecular complexity index is 1220. The van der Waals surface area contributed by atoms with Crippen LogP contribution in [-0.2, 0) is 10.8 Å². The Morgan fingerprint density at radius 2 is 1.47 bits per heavy atom. The van der Waals surface area contributed by atoms with Gasteiger partial charge in [0.1, 0.15) is 28.8 Å². The molecule has 4 rings (SSSR count). The highest BCUT2D eigenvalue weighted by Crippen LogP contribution is 2.39. The van der Waals surface area contributed by atoms with Crippen LogP contribution in [0.15, 0.2) is 42.5 Å². The molecule has 0 radical (unpaired) electrons. The van der Waals surface area contributed by atoms with Gasteiger partial charge in [0.05, 0.1) is 12.7 Å². The molecule has 0 aliphatic carbocycles. The van der Waals surface area contributed by atoms with E-state index in [0.29, 0.717) is 36.6 Å². The van der Waals surface area contributed by atoms with Crippen LogP contribution in [0.5, 0.6) is 5.75 Å². The normalized spacial score (nSPS) is 18.4. The predicted octanol–water partition coefficient (Wildman–Crippen LogP) is 8.19. The zero-order valence-corrected chi connectivity index (χ0v) is 18.9. The van der Waals surface area contributed by atoms with Gasteiger partial charge in [0, 0.05) is 17.7 Å². The number of rotatable bonds is 6. The van der Waals surface area contributed by atoms with E-state index in [4.69, 9.17) is 4.74 Å². The third-order valence-electron chi connectivity index (χ3n) is 6.16. The second-order valence-corrected chi connectivity index (χ2v) is 8.55. The first kappa shape index (κ1) is 25.9. The highest BCUT2D eigenvalue weighted by Gasteiger charge is 2.41. The molecule has 0 amide bonds. The fraction of sp³-hybridized carbons (Fsp3) is 0.308. The zero-order valence-electron chi connectivity index (χ0n) is 18.9. The average Bonchev–Trinajstić information content (AvgIpc) is 2.81. The van der Waals surface area contributed by atoms with Crippen molar-refractivity contribution in [1.29, 1.82) is 0 Å². The van der Waals surface area contributed by atoms with Gasteiger partial charge in [-0.15, -0.1) is 0 Å². The second kappa shape index (κ2) is 10.1. The molecular formula is C26H20F8O2. The Morgan fingerprint density at radius 1 is 0.833 bits per heavy atom. The molecule has 2 nitrogen and oxygen atoms in total. The summed E-state index contributed by atoms with van der Waals surface area (Å²) in [5.74, 6) is -10.8. The molecule has 1 saturated heterocycles. The van der Waals surface area contributed by atoms with Gasteiger partial charge in [0.15, 0.2) is 17.5 Å². The molecule has 0 aromatic heterocycles. The van der Waals surface area contributed by atoms with Crippen LogP contribution in [0.3, 0.4) is 0 Å². The first-order valence-electron chi connectivity index (χ1n) is 11.1. The third-order valence-corrected chi connectivity index (χ3v) is 6.16. The van der Waals surface area contributed by atoms with Crippen molar-refractivity contribution in [2.45, 2.75) is 38.4 Å². The molecule has 1 fully saturated rings. The molecular weight excluding hydrogens is 496 g/mol. The molecule has 2 atom stereocenters. The van der Waals surface area contributed by atoms with Gasteiger partial charge < -0.3 is 9.47 Å². The number of benzene rings is 3. The maximum Gasteiger partial charge on any atom is 0.432 e. The minimum absolute atomic E-state index is 0.103. The molecule has 1 aliphatic rings. The fourth-order valence-electron chi connectivity index (χ4n) is 4.15. The van der Waals surface area contributed by atoms with E-state index in [9.17, 15) is 35.1 Å². The molecule has 1 heterocycles. The maximum atomic E-state index is 14.9. The maximum absolute atomic E-state index is 14.9. The number of alkyl halides is 2. The molecule has 10 heteroatoms. The van der Waals surface area contributed by atoms with Crippen molar-refractivity contribution in [2.75, 3.05) is 6.61 Å². The van der Waals surface area contributed by atoms with Crippen molar-refractivity contribution in [2.24, 2.45) is 5.92 Å². The van der Waals surface area contributed by atoms with Crippen LogP contribution in [-0.4, -0.2) is 6.61 Å². The second-order valence-electron chi connectivity index (χ2n) is 8.55. The topological polar surface area (TPSA) is 18.5 Å². The Morgan fingerprint density at radius 3 is 2.00 bits per heavy atom. The Kier molecular flexibility index (Phi) is 7.26. The molecule has 1 aliphatic heterocycles. The van der Waals surface area contributed by atoms with Gasteiger partial charge in [-0.1, -0.05) is 25.5 Å². The van der Waals surface area contributed by atoms with E-state index in [1.807, 2.05) is 0 Å². The smallest absolute Gasteiger partial charge is 0.429 e. The molecule has 0 bridgehead atoms. The standard InChI is InChI=1S/C26H20F8O2/c1-2-13-3-6-23(35-12-13)14-4-5-17(18(27)7-14)15-8-19(28)24(20(29)9-15)26(33,34)36-16-10-21(30)25(32)22(31)11-16/h4-5,7-11,13,23H,2-3,6,12H2,1H3. The van der Waals surface area contributed by atoms with Crippen molar-refractivity contribution in [3.63, 3.8) is 0 Å². The lowest BCUT2D eigenvalue weighted by molar-refractivity contribution is -0.189. The summed E-state index contributed by atoms with van der Waals surface area (Å²) in [5.41, 5.74) is -1.92. The van der Waals surface area contributed by atoms with Crippen molar-refractivity contribution in [3.8, 4) is 16.9 Å². The van der Waals surface area contributed by atoms with E-state index in [2.05, 4.69) is 11.7 Å². The number of halogens is 8. The van der Waals surface area contributed by atoms with E-state index in [1.54, 1.807) is 0 Å². The molecule has 3 aromatic rings. The van der Waals surface area contributed by atoms with E-state index < -0.39 is 52.3 Å². The summed E-state index contributed by atoms with van der Waals surface area (Å²) in [6.45, 7) is 2.59. The highest BCUT2D eigenvalue weighted by atomic mass is 19.3. The molecule has 0 N–H and O–H groups in total. The van der Waals surface area contributed by atoms with Crippen LogP contribution in [0.4, 0.5) is 35.1 Å². The van der Waals surface area contributed by atoms with Crippen molar-refractivity contribution in [3.05, 3.63) is 88.5 Å². The van der Waals surface area contributed by atoms with Crippen LogP contribution in [0.25, 0.3) is 11.1 Å². The van der Waals surface area contributed by atoms with Gasteiger partial charge in [-0.3, -0.25) is 0 Å². The average molecular weight is 516 g/mol. The summed E-state index contributed by atoms with van der Waals surface area (Å²) < 4.78 is 123. The van der Waals surface area contributed by atoms with Gasteiger partial charge in [-0.2, -0.15) is 8.78 Å². The number of hydrogen-bond acceptors (Lipinski definition) is 2. The van der Waals surface area contributed by atoms with E-state index in [1.165, 1.54) is 18.2 Å². The predicted molar refractivity (Wildman–Crippen MR) is 114 cm³/mol.